The molecule has 2 heteroatoms. The van der Waals surface area contributed by atoms with Crippen LogP contribution in [0.5, 0.6) is 0 Å². The Bertz CT molecular complexity index is 130. The van der Waals surface area contributed by atoms with Crippen molar-refractivity contribution in [2.24, 2.45) is 0 Å². The third kappa shape index (κ3) is 3.97. The zero-order valence-electron chi connectivity index (χ0n) is 9.89. The lowest BCUT2D eigenvalue weighted by Gasteiger charge is -2.27. The van der Waals surface area contributed by atoms with Gasteiger partial charge in [-0.25, -0.2) is 0 Å². The van der Waals surface area contributed by atoms with Crippen molar-refractivity contribution in [1.29, 1.82) is 0 Å². The average molecular weight is 198 g/mol. The molecule has 1 N–H and O–H groups in total. The quantitative estimate of drug-likeness (QED) is 0.631. The standard InChI is InChI=1S/C12H26N2/c1-3-5-6-10-14(9-4-2)12-7-8-13-11-12/h12-13H,3-11H2,1-2H3. The van der Waals surface area contributed by atoms with Gasteiger partial charge in [-0.15, -0.1) is 0 Å². The van der Waals surface area contributed by atoms with Crippen LogP contribution in [-0.2, 0) is 0 Å². The van der Waals surface area contributed by atoms with E-state index in [1.807, 2.05) is 0 Å². The second kappa shape index (κ2) is 7.24. The van der Waals surface area contributed by atoms with Crippen LogP contribution in [0, 0.1) is 0 Å². The minimum Gasteiger partial charge on any atom is -0.315 e. The molecule has 1 aliphatic heterocycles. The number of unbranched alkanes of at least 4 members (excludes halogenated alkanes) is 2. The fourth-order valence-electron chi connectivity index (χ4n) is 2.28. The van der Waals surface area contributed by atoms with E-state index >= 15 is 0 Å². The maximum atomic E-state index is 3.46. The summed E-state index contributed by atoms with van der Waals surface area (Å²) >= 11 is 0. The maximum absolute atomic E-state index is 3.46. The predicted octanol–water partition coefficient (Wildman–Crippen LogP) is 2.25. The van der Waals surface area contributed by atoms with Gasteiger partial charge in [-0.2, -0.15) is 0 Å². The van der Waals surface area contributed by atoms with E-state index in [4.69, 9.17) is 0 Å². The first kappa shape index (κ1) is 12.0. The summed E-state index contributed by atoms with van der Waals surface area (Å²) in [4.78, 5) is 2.69. The maximum Gasteiger partial charge on any atom is 0.0232 e. The molecular weight excluding hydrogens is 172 g/mol. The number of hydrogen-bond donors (Lipinski definition) is 1. The smallest absolute Gasteiger partial charge is 0.0232 e. The molecule has 0 aromatic heterocycles. The third-order valence-corrected chi connectivity index (χ3v) is 3.11. The van der Waals surface area contributed by atoms with E-state index < -0.39 is 0 Å². The predicted molar refractivity (Wildman–Crippen MR) is 62.7 cm³/mol. The Morgan fingerprint density at radius 2 is 2.00 bits per heavy atom. The molecule has 14 heavy (non-hydrogen) atoms. The van der Waals surface area contributed by atoms with E-state index in [1.165, 1.54) is 58.3 Å². The summed E-state index contributed by atoms with van der Waals surface area (Å²) in [5.41, 5.74) is 0. The molecule has 0 aromatic rings. The van der Waals surface area contributed by atoms with Crippen molar-refractivity contribution in [3.05, 3.63) is 0 Å². The van der Waals surface area contributed by atoms with E-state index in [-0.39, 0.29) is 0 Å². The van der Waals surface area contributed by atoms with Gasteiger partial charge in [0.05, 0.1) is 0 Å². The average Bonchev–Trinajstić information content (AvgIpc) is 2.70. The molecule has 1 fully saturated rings. The van der Waals surface area contributed by atoms with Crippen molar-refractivity contribution in [3.8, 4) is 0 Å². The van der Waals surface area contributed by atoms with Crippen LogP contribution in [0.4, 0.5) is 0 Å². The fourth-order valence-corrected chi connectivity index (χ4v) is 2.28. The summed E-state index contributed by atoms with van der Waals surface area (Å²) in [5.74, 6) is 0. The Balaban J connectivity index is 2.22. The summed E-state index contributed by atoms with van der Waals surface area (Å²) < 4.78 is 0. The van der Waals surface area contributed by atoms with Crippen LogP contribution in [0.3, 0.4) is 0 Å². The highest BCUT2D eigenvalue weighted by atomic mass is 15.2. The van der Waals surface area contributed by atoms with Gasteiger partial charge in [0.2, 0.25) is 0 Å². The molecule has 2 nitrogen and oxygen atoms in total. The molecule has 84 valence electrons. The first-order valence-corrected chi connectivity index (χ1v) is 6.33. The Kier molecular flexibility index (Phi) is 6.20. The van der Waals surface area contributed by atoms with Crippen molar-refractivity contribution in [2.75, 3.05) is 26.2 Å². The number of rotatable bonds is 7. The SMILES string of the molecule is CCCCCN(CCC)C1CCNC1. The number of nitrogens with zero attached hydrogens (tertiary/aromatic N) is 1. The Labute approximate surface area is 89.1 Å². The van der Waals surface area contributed by atoms with Crippen LogP contribution in [0.1, 0.15) is 46.0 Å². The van der Waals surface area contributed by atoms with Gasteiger partial charge in [0, 0.05) is 12.6 Å². The molecule has 1 unspecified atom stereocenters. The van der Waals surface area contributed by atoms with Crippen LogP contribution in [0.2, 0.25) is 0 Å². The molecule has 0 saturated carbocycles. The van der Waals surface area contributed by atoms with E-state index in [1.54, 1.807) is 0 Å². The van der Waals surface area contributed by atoms with Crippen LogP contribution in [0.15, 0.2) is 0 Å². The summed E-state index contributed by atoms with van der Waals surface area (Å²) in [6, 6.07) is 0.826. The van der Waals surface area contributed by atoms with Crippen molar-refractivity contribution in [2.45, 2.75) is 52.0 Å². The lowest BCUT2D eigenvalue weighted by molar-refractivity contribution is 0.204. The molecule has 0 spiro atoms. The van der Waals surface area contributed by atoms with Gasteiger partial charge in [0.25, 0.3) is 0 Å². The van der Waals surface area contributed by atoms with Crippen LogP contribution in [0.25, 0.3) is 0 Å². The first-order chi connectivity index (χ1) is 6.88. The summed E-state index contributed by atoms with van der Waals surface area (Å²) in [7, 11) is 0. The van der Waals surface area contributed by atoms with Gasteiger partial charge in [-0.05, 0) is 38.9 Å². The van der Waals surface area contributed by atoms with Crippen molar-refractivity contribution in [1.82, 2.24) is 10.2 Å². The van der Waals surface area contributed by atoms with Crippen molar-refractivity contribution >= 4 is 0 Å². The minimum absolute atomic E-state index is 0.826. The zero-order chi connectivity index (χ0) is 10.2. The van der Waals surface area contributed by atoms with Gasteiger partial charge < -0.3 is 5.32 Å². The molecule has 1 heterocycles. The molecule has 1 atom stereocenters. The van der Waals surface area contributed by atoms with Crippen LogP contribution in [-0.4, -0.2) is 37.1 Å². The number of nitrogens with one attached hydrogen (secondary N) is 1. The number of hydrogen-bond acceptors (Lipinski definition) is 2. The summed E-state index contributed by atoms with van der Waals surface area (Å²) in [5, 5.41) is 3.46. The molecule has 1 aliphatic rings. The third-order valence-electron chi connectivity index (χ3n) is 3.11. The Morgan fingerprint density at radius 3 is 2.57 bits per heavy atom. The molecule has 1 saturated heterocycles. The monoisotopic (exact) mass is 198 g/mol. The lowest BCUT2D eigenvalue weighted by atomic mass is 10.1. The Hall–Kier alpha value is -0.0800. The van der Waals surface area contributed by atoms with Crippen molar-refractivity contribution < 1.29 is 0 Å². The highest BCUT2D eigenvalue weighted by molar-refractivity contribution is 4.80. The Morgan fingerprint density at radius 1 is 1.14 bits per heavy atom. The van der Waals surface area contributed by atoms with E-state index in [2.05, 4.69) is 24.1 Å². The molecule has 1 rings (SSSR count). The molecule has 0 aliphatic carbocycles. The van der Waals surface area contributed by atoms with Crippen molar-refractivity contribution in [3.63, 3.8) is 0 Å². The summed E-state index contributed by atoms with van der Waals surface area (Å²) in [6.45, 7) is 9.60. The van der Waals surface area contributed by atoms with E-state index in [0.717, 1.165) is 6.04 Å². The van der Waals surface area contributed by atoms with Gasteiger partial charge in [-0.3, -0.25) is 4.90 Å². The summed E-state index contributed by atoms with van der Waals surface area (Å²) in [6.07, 6.45) is 6.75. The molecular formula is C12H26N2. The molecule has 0 amide bonds. The second-order valence-corrected chi connectivity index (χ2v) is 4.39. The van der Waals surface area contributed by atoms with Gasteiger partial charge in [0.1, 0.15) is 0 Å². The fraction of sp³-hybridized carbons (Fsp3) is 1.00. The zero-order valence-corrected chi connectivity index (χ0v) is 9.89. The topological polar surface area (TPSA) is 15.3 Å². The first-order valence-electron chi connectivity index (χ1n) is 6.33. The second-order valence-electron chi connectivity index (χ2n) is 4.39. The van der Waals surface area contributed by atoms with E-state index in [9.17, 15) is 0 Å². The van der Waals surface area contributed by atoms with Gasteiger partial charge in [0.15, 0.2) is 0 Å². The van der Waals surface area contributed by atoms with Crippen LogP contribution < -0.4 is 5.32 Å². The van der Waals surface area contributed by atoms with Crippen LogP contribution >= 0.6 is 0 Å². The van der Waals surface area contributed by atoms with E-state index in [0.29, 0.717) is 0 Å². The van der Waals surface area contributed by atoms with Gasteiger partial charge >= 0.3 is 0 Å². The minimum atomic E-state index is 0.826. The normalized spacial score (nSPS) is 22.1. The molecule has 0 aromatic carbocycles. The lowest BCUT2D eigenvalue weighted by Crippen LogP contribution is -2.38. The molecule has 0 bridgehead atoms. The highest BCUT2D eigenvalue weighted by Gasteiger charge is 2.20. The largest absolute Gasteiger partial charge is 0.315 e. The highest BCUT2D eigenvalue weighted by Crippen LogP contribution is 2.10. The molecule has 0 radical (unpaired) electrons. The van der Waals surface area contributed by atoms with Gasteiger partial charge in [-0.1, -0.05) is 26.7 Å².